The van der Waals surface area contributed by atoms with Gasteiger partial charge in [-0.1, -0.05) is 30.3 Å². The van der Waals surface area contributed by atoms with Crippen LogP contribution in [-0.2, 0) is 11.2 Å². The lowest BCUT2D eigenvalue weighted by molar-refractivity contribution is -0.141. The van der Waals surface area contributed by atoms with Crippen molar-refractivity contribution in [1.82, 2.24) is 4.90 Å². The summed E-state index contributed by atoms with van der Waals surface area (Å²) in [5, 5.41) is 11.2. The molecule has 116 valence electrons. The number of carboxylic acid groups (broad SMARTS) is 1. The molecule has 1 unspecified atom stereocenters. The number of carbonyl (C=O) groups excluding carboxylic acids is 1. The number of likely N-dealkylation sites (N-methyl/N-ethyl adjacent to an activating group) is 1. The highest BCUT2D eigenvalue weighted by Crippen LogP contribution is 2.23. The van der Waals surface area contributed by atoms with Gasteiger partial charge < -0.3 is 14.7 Å². The van der Waals surface area contributed by atoms with E-state index in [0.29, 0.717) is 10.6 Å². The Bertz CT molecular complexity index is 653. The van der Waals surface area contributed by atoms with Crippen molar-refractivity contribution in [3.8, 4) is 5.75 Å². The molecular formula is C16H17NO4S. The number of methoxy groups -OCH3 is 1. The summed E-state index contributed by atoms with van der Waals surface area (Å²) in [5.41, 5.74) is 0.873. The molecule has 1 aromatic carbocycles. The summed E-state index contributed by atoms with van der Waals surface area (Å²) in [7, 11) is 3.03. The van der Waals surface area contributed by atoms with E-state index in [0.717, 1.165) is 5.56 Å². The summed E-state index contributed by atoms with van der Waals surface area (Å²) in [4.78, 5) is 25.7. The maximum atomic E-state index is 12.4. The van der Waals surface area contributed by atoms with Crippen LogP contribution in [0.15, 0.2) is 41.8 Å². The van der Waals surface area contributed by atoms with Crippen LogP contribution in [0, 0.1) is 0 Å². The summed E-state index contributed by atoms with van der Waals surface area (Å²) < 4.78 is 5.05. The number of aliphatic carboxylic acids is 1. The minimum atomic E-state index is -1.02. The fourth-order valence-corrected chi connectivity index (χ4v) is 2.92. The molecule has 0 spiro atoms. The molecule has 0 aliphatic carbocycles. The Morgan fingerprint density at radius 3 is 2.55 bits per heavy atom. The van der Waals surface area contributed by atoms with Crippen molar-refractivity contribution in [1.29, 1.82) is 0 Å². The monoisotopic (exact) mass is 319 g/mol. The molecule has 2 rings (SSSR count). The van der Waals surface area contributed by atoms with Gasteiger partial charge in [-0.2, -0.15) is 0 Å². The van der Waals surface area contributed by atoms with Crippen molar-refractivity contribution < 1.29 is 19.4 Å². The average molecular weight is 319 g/mol. The minimum Gasteiger partial charge on any atom is -0.496 e. The standard InChI is InChI=1S/C16H17NO4S/c1-17(15(18)14-9-12(21-2)10-22-14)13(16(19)20)8-11-6-4-3-5-7-11/h3-7,9-10,13H,8H2,1-2H3,(H,19,20). The first-order valence-electron chi connectivity index (χ1n) is 6.69. The molecule has 2 aromatic rings. The van der Waals surface area contributed by atoms with Crippen molar-refractivity contribution in [2.24, 2.45) is 0 Å². The third-order valence-electron chi connectivity index (χ3n) is 3.37. The van der Waals surface area contributed by atoms with Gasteiger partial charge >= 0.3 is 5.97 Å². The number of nitrogens with zero attached hydrogens (tertiary/aromatic N) is 1. The number of carbonyl (C=O) groups is 2. The maximum Gasteiger partial charge on any atom is 0.326 e. The Labute approximate surface area is 132 Å². The Kier molecular flexibility index (Phi) is 5.16. The van der Waals surface area contributed by atoms with Gasteiger partial charge in [-0.3, -0.25) is 4.79 Å². The van der Waals surface area contributed by atoms with Crippen molar-refractivity contribution in [2.75, 3.05) is 14.2 Å². The molecule has 0 aliphatic rings. The van der Waals surface area contributed by atoms with Crippen molar-refractivity contribution in [3.63, 3.8) is 0 Å². The van der Waals surface area contributed by atoms with Crippen LogP contribution >= 0.6 is 11.3 Å². The second-order valence-electron chi connectivity index (χ2n) is 4.81. The smallest absolute Gasteiger partial charge is 0.326 e. The number of thiophene rings is 1. The van der Waals surface area contributed by atoms with E-state index in [1.807, 2.05) is 30.3 Å². The van der Waals surface area contributed by atoms with E-state index < -0.39 is 12.0 Å². The normalized spacial score (nSPS) is 11.7. The van der Waals surface area contributed by atoms with Crippen LogP contribution in [0.5, 0.6) is 5.75 Å². The molecule has 0 bridgehead atoms. The minimum absolute atomic E-state index is 0.265. The predicted octanol–water partition coefficient (Wildman–Crippen LogP) is 2.52. The van der Waals surface area contributed by atoms with Gasteiger partial charge in [0.2, 0.25) is 0 Å². The van der Waals surface area contributed by atoms with E-state index >= 15 is 0 Å². The van der Waals surface area contributed by atoms with Gasteiger partial charge in [-0.15, -0.1) is 11.3 Å². The molecule has 1 heterocycles. The maximum absolute atomic E-state index is 12.4. The third-order valence-corrected chi connectivity index (χ3v) is 4.26. The fourth-order valence-electron chi connectivity index (χ4n) is 2.08. The molecule has 6 heteroatoms. The zero-order chi connectivity index (χ0) is 16.1. The summed E-state index contributed by atoms with van der Waals surface area (Å²) in [6, 6.07) is 9.96. The molecule has 0 radical (unpaired) electrons. The second kappa shape index (κ2) is 7.09. The number of hydrogen-bond acceptors (Lipinski definition) is 4. The zero-order valence-electron chi connectivity index (χ0n) is 12.4. The highest BCUT2D eigenvalue weighted by atomic mass is 32.1. The van der Waals surface area contributed by atoms with Gasteiger partial charge in [-0.25, -0.2) is 4.79 Å². The van der Waals surface area contributed by atoms with Crippen LogP contribution in [0.2, 0.25) is 0 Å². The molecule has 1 aromatic heterocycles. The lowest BCUT2D eigenvalue weighted by Crippen LogP contribution is -2.43. The average Bonchev–Trinajstić information content (AvgIpc) is 3.01. The van der Waals surface area contributed by atoms with Crippen LogP contribution in [0.3, 0.4) is 0 Å². The van der Waals surface area contributed by atoms with E-state index in [9.17, 15) is 14.7 Å². The van der Waals surface area contributed by atoms with Crippen LogP contribution in [-0.4, -0.2) is 42.1 Å². The van der Waals surface area contributed by atoms with E-state index in [4.69, 9.17) is 4.74 Å². The largest absolute Gasteiger partial charge is 0.496 e. The Balaban J connectivity index is 2.17. The summed E-state index contributed by atoms with van der Waals surface area (Å²) >= 11 is 1.24. The predicted molar refractivity (Wildman–Crippen MR) is 84.5 cm³/mol. The molecule has 0 saturated heterocycles. The number of ether oxygens (including phenoxy) is 1. The molecule has 1 atom stereocenters. The molecule has 22 heavy (non-hydrogen) atoms. The molecule has 0 aliphatic heterocycles. The third kappa shape index (κ3) is 3.65. The first-order chi connectivity index (χ1) is 10.5. The Morgan fingerprint density at radius 2 is 2.00 bits per heavy atom. The molecule has 1 N–H and O–H groups in total. The van der Waals surface area contributed by atoms with Gasteiger partial charge in [0.25, 0.3) is 5.91 Å². The summed E-state index contributed by atoms with van der Waals surface area (Å²) in [6.45, 7) is 0. The van der Waals surface area contributed by atoms with E-state index in [-0.39, 0.29) is 12.3 Å². The van der Waals surface area contributed by atoms with Crippen molar-refractivity contribution >= 4 is 23.2 Å². The highest BCUT2D eigenvalue weighted by molar-refractivity contribution is 7.12. The summed E-state index contributed by atoms with van der Waals surface area (Å²) in [5.74, 6) is -0.753. The second-order valence-corrected chi connectivity index (χ2v) is 5.72. The lowest BCUT2D eigenvalue weighted by Gasteiger charge is -2.24. The topological polar surface area (TPSA) is 66.8 Å². The van der Waals surface area contributed by atoms with Gasteiger partial charge in [0.05, 0.1) is 12.0 Å². The fraction of sp³-hybridized carbons (Fsp3) is 0.250. The number of amides is 1. The number of benzene rings is 1. The van der Waals surface area contributed by atoms with E-state index in [1.165, 1.54) is 30.4 Å². The summed E-state index contributed by atoms with van der Waals surface area (Å²) in [6.07, 6.45) is 0.265. The van der Waals surface area contributed by atoms with E-state index in [1.54, 1.807) is 11.4 Å². The van der Waals surface area contributed by atoms with Crippen molar-refractivity contribution in [2.45, 2.75) is 12.5 Å². The van der Waals surface area contributed by atoms with Gasteiger partial charge in [-0.05, 0) is 5.56 Å². The van der Waals surface area contributed by atoms with Crippen LogP contribution in [0.25, 0.3) is 0 Å². The first-order valence-corrected chi connectivity index (χ1v) is 7.57. The lowest BCUT2D eigenvalue weighted by atomic mass is 10.0. The van der Waals surface area contributed by atoms with Crippen LogP contribution in [0.1, 0.15) is 15.2 Å². The Morgan fingerprint density at radius 1 is 1.32 bits per heavy atom. The number of rotatable bonds is 6. The van der Waals surface area contributed by atoms with Crippen LogP contribution < -0.4 is 4.74 Å². The quantitative estimate of drug-likeness (QED) is 0.888. The SMILES string of the molecule is COc1csc(C(=O)N(C)C(Cc2ccccc2)C(=O)O)c1. The van der Waals surface area contributed by atoms with E-state index in [2.05, 4.69) is 0 Å². The number of carboxylic acids is 1. The first kappa shape index (κ1) is 16.0. The van der Waals surface area contributed by atoms with Gasteiger partial charge in [0.1, 0.15) is 11.8 Å². The van der Waals surface area contributed by atoms with Crippen molar-refractivity contribution in [3.05, 3.63) is 52.2 Å². The van der Waals surface area contributed by atoms with Gasteiger partial charge in [0, 0.05) is 24.9 Å². The zero-order valence-corrected chi connectivity index (χ0v) is 13.2. The molecule has 0 fully saturated rings. The van der Waals surface area contributed by atoms with Gasteiger partial charge in [0.15, 0.2) is 0 Å². The molecule has 0 saturated carbocycles. The van der Waals surface area contributed by atoms with Crippen LogP contribution in [0.4, 0.5) is 0 Å². The molecule has 5 nitrogen and oxygen atoms in total. The molecule has 1 amide bonds. The Hall–Kier alpha value is -2.34. The molecular weight excluding hydrogens is 302 g/mol. The number of hydrogen-bond donors (Lipinski definition) is 1. The highest BCUT2D eigenvalue weighted by Gasteiger charge is 2.28.